The fourth-order valence-electron chi connectivity index (χ4n) is 1.91. The second-order valence-electron chi connectivity index (χ2n) is 4.29. The van der Waals surface area contributed by atoms with Crippen molar-refractivity contribution in [2.45, 2.75) is 44.6 Å². The normalized spacial score (nSPS) is 23.2. The molecule has 2 nitrogen and oxygen atoms in total. The van der Waals surface area contributed by atoms with Crippen LogP contribution >= 0.6 is 0 Å². The van der Waals surface area contributed by atoms with Crippen molar-refractivity contribution in [1.29, 1.82) is 0 Å². The minimum Gasteiger partial charge on any atom is -0.396 e. The van der Waals surface area contributed by atoms with Gasteiger partial charge in [-0.1, -0.05) is 19.3 Å². The van der Waals surface area contributed by atoms with Gasteiger partial charge in [-0.2, -0.15) is 0 Å². The molecule has 1 saturated carbocycles. The minimum atomic E-state index is 0.167. The van der Waals surface area contributed by atoms with E-state index in [1.54, 1.807) is 0 Å². The second-order valence-corrected chi connectivity index (χ2v) is 4.29. The van der Waals surface area contributed by atoms with Gasteiger partial charge in [0.2, 0.25) is 0 Å². The summed E-state index contributed by atoms with van der Waals surface area (Å²) in [4.78, 5) is 0. The van der Waals surface area contributed by atoms with E-state index >= 15 is 0 Å². The molecule has 0 aromatic rings. The molecule has 1 aliphatic carbocycles. The highest BCUT2D eigenvalue weighted by Gasteiger charge is 2.28. The quantitative estimate of drug-likeness (QED) is 0.657. The molecule has 0 aromatic heterocycles. The van der Waals surface area contributed by atoms with E-state index < -0.39 is 0 Å². The maximum absolute atomic E-state index is 8.90. The maximum Gasteiger partial charge on any atom is 0.0448 e. The number of aliphatic hydroxyl groups is 1. The molecule has 0 bridgehead atoms. The zero-order chi connectivity index (χ0) is 9.03. The molecule has 2 heteroatoms. The molecule has 1 rings (SSSR count). The van der Waals surface area contributed by atoms with Crippen LogP contribution in [0.2, 0.25) is 0 Å². The largest absolute Gasteiger partial charge is 0.396 e. The first-order chi connectivity index (χ1) is 5.70. The average molecular weight is 171 g/mol. The van der Waals surface area contributed by atoms with Gasteiger partial charge in [0, 0.05) is 12.1 Å². The number of hydrogen-bond donors (Lipinski definition) is 2. The highest BCUT2D eigenvalue weighted by atomic mass is 16.3. The predicted molar refractivity (Wildman–Crippen MR) is 51.1 cm³/mol. The van der Waals surface area contributed by atoms with Gasteiger partial charge in [-0.3, -0.25) is 0 Å². The minimum absolute atomic E-state index is 0.167. The van der Waals surface area contributed by atoms with Crippen molar-refractivity contribution in [3.05, 3.63) is 0 Å². The Kier molecular flexibility index (Phi) is 3.53. The Morgan fingerprint density at radius 3 is 2.50 bits per heavy atom. The molecule has 0 amide bonds. The highest BCUT2D eigenvalue weighted by molar-refractivity contribution is 4.86. The van der Waals surface area contributed by atoms with Crippen molar-refractivity contribution in [2.75, 3.05) is 13.7 Å². The number of hydrogen-bond acceptors (Lipinski definition) is 2. The van der Waals surface area contributed by atoms with Gasteiger partial charge < -0.3 is 10.4 Å². The van der Waals surface area contributed by atoms with Crippen LogP contribution in [0.3, 0.4) is 0 Å². The first-order valence-electron chi connectivity index (χ1n) is 5.00. The van der Waals surface area contributed by atoms with E-state index in [-0.39, 0.29) is 5.54 Å². The Balaban J connectivity index is 2.30. The van der Waals surface area contributed by atoms with Crippen molar-refractivity contribution >= 4 is 0 Å². The summed E-state index contributed by atoms with van der Waals surface area (Å²) in [7, 11) is 1.99. The van der Waals surface area contributed by atoms with E-state index in [2.05, 4.69) is 12.2 Å². The van der Waals surface area contributed by atoms with Gasteiger partial charge in [-0.25, -0.2) is 0 Å². The van der Waals surface area contributed by atoms with E-state index in [1.807, 2.05) is 7.05 Å². The summed E-state index contributed by atoms with van der Waals surface area (Å²) in [5.41, 5.74) is 0.167. The third-order valence-corrected chi connectivity index (χ3v) is 3.23. The maximum atomic E-state index is 8.90. The van der Waals surface area contributed by atoms with Crippen LogP contribution in [0.1, 0.15) is 39.0 Å². The summed E-state index contributed by atoms with van der Waals surface area (Å²) < 4.78 is 0. The van der Waals surface area contributed by atoms with Crippen LogP contribution < -0.4 is 5.32 Å². The van der Waals surface area contributed by atoms with Gasteiger partial charge in [-0.05, 0) is 32.7 Å². The first-order valence-corrected chi connectivity index (χ1v) is 5.00. The molecule has 1 aliphatic rings. The number of aliphatic hydroxyl groups excluding tert-OH is 1. The van der Waals surface area contributed by atoms with Crippen LogP contribution in [0.25, 0.3) is 0 Å². The van der Waals surface area contributed by atoms with Crippen molar-refractivity contribution in [1.82, 2.24) is 5.32 Å². The Bertz CT molecular complexity index is 134. The third-order valence-electron chi connectivity index (χ3n) is 3.23. The van der Waals surface area contributed by atoms with Gasteiger partial charge in [-0.15, -0.1) is 0 Å². The molecule has 12 heavy (non-hydrogen) atoms. The topological polar surface area (TPSA) is 32.3 Å². The van der Waals surface area contributed by atoms with Gasteiger partial charge in [0.15, 0.2) is 0 Å². The molecular formula is C10H21NO. The van der Waals surface area contributed by atoms with Crippen molar-refractivity contribution in [2.24, 2.45) is 5.92 Å². The molecule has 1 unspecified atom stereocenters. The van der Waals surface area contributed by atoms with Crippen molar-refractivity contribution in [3.8, 4) is 0 Å². The van der Waals surface area contributed by atoms with E-state index in [0.29, 0.717) is 6.61 Å². The molecule has 0 spiro atoms. The first kappa shape index (κ1) is 10.0. The van der Waals surface area contributed by atoms with Crippen LogP contribution in [-0.4, -0.2) is 24.3 Å². The Morgan fingerprint density at radius 1 is 1.50 bits per heavy atom. The predicted octanol–water partition coefficient (Wildman–Crippen LogP) is 1.54. The van der Waals surface area contributed by atoms with Crippen LogP contribution in [-0.2, 0) is 0 Å². The summed E-state index contributed by atoms with van der Waals surface area (Å²) in [6.45, 7) is 2.51. The molecule has 0 aromatic carbocycles. The second kappa shape index (κ2) is 4.24. The van der Waals surface area contributed by atoms with Crippen LogP contribution in [0.15, 0.2) is 0 Å². The molecule has 0 saturated heterocycles. The molecule has 0 aliphatic heterocycles. The standard InChI is InChI=1S/C10H21NO/c1-10(11-2,6-7-12)8-9-4-3-5-9/h9,11-12H,3-8H2,1-2H3. The Hall–Kier alpha value is -0.0800. The van der Waals surface area contributed by atoms with Gasteiger partial charge in [0.25, 0.3) is 0 Å². The zero-order valence-corrected chi connectivity index (χ0v) is 8.27. The lowest BCUT2D eigenvalue weighted by Gasteiger charge is -2.36. The summed E-state index contributed by atoms with van der Waals surface area (Å²) in [6, 6.07) is 0. The summed E-state index contributed by atoms with van der Waals surface area (Å²) in [6.07, 6.45) is 6.29. The molecule has 2 N–H and O–H groups in total. The molecule has 1 fully saturated rings. The van der Waals surface area contributed by atoms with Crippen molar-refractivity contribution < 1.29 is 5.11 Å². The van der Waals surface area contributed by atoms with Crippen LogP contribution in [0.5, 0.6) is 0 Å². The smallest absolute Gasteiger partial charge is 0.0448 e. The molecule has 72 valence electrons. The van der Waals surface area contributed by atoms with E-state index in [9.17, 15) is 0 Å². The zero-order valence-electron chi connectivity index (χ0n) is 8.27. The lowest BCUT2D eigenvalue weighted by Crippen LogP contribution is -2.43. The number of rotatable bonds is 5. The summed E-state index contributed by atoms with van der Waals surface area (Å²) >= 11 is 0. The van der Waals surface area contributed by atoms with Crippen LogP contribution in [0.4, 0.5) is 0 Å². The van der Waals surface area contributed by atoms with Crippen molar-refractivity contribution in [3.63, 3.8) is 0 Å². The van der Waals surface area contributed by atoms with Gasteiger partial charge in [0.05, 0.1) is 0 Å². The fourth-order valence-corrected chi connectivity index (χ4v) is 1.91. The van der Waals surface area contributed by atoms with E-state index in [1.165, 1.54) is 25.7 Å². The Morgan fingerprint density at radius 2 is 2.17 bits per heavy atom. The van der Waals surface area contributed by atoms with Gasteiger partial charge in [0.1, 0.15) is 0 Å². The Labute approximate surface area is 75.4 Å². The lowest BCUT2D eigenvalue weighted by molar-refractivity contribution is 0.168. The summed E-state index contributed by atoms with van der Waals surface area (Å²) in [5, 5.41) is 12.2. The fraction of sp³-hybridized carbons (Fsp3) is 1.00. The SMILES string of the molecule is CNC(C)(CCO)CC1CCC1. The monoisotopic (exact) mass is 171 g/mol. The van der Waals surface area contributed by atoms with E-state index in [0.717, 1.165) is 12.3 Å². The number of nitrogens with one attached hydrogen (secondary N) is 1. The lowest BCUT2D eigenvalue weighted by atomic mass is 9.75. The van der Waals surface area contributed by atoms with Crippen LogP contribution in [0, 0.1) is 5.92 Å². The third kappa shape index (κ3) is 2.46. The van der Waals surface area contributed by atoms with E-state index in [4.69, 9.17) is 5.11 Å². The molecule has 0 heterocycles. The highest BCUT2D eigenvalue weighted by Crippen LogP contribution is 2.34. The molecule has 0 radical (unpaired) electrons. The summed E-state index contributed by atoms with van der Waals surface area (Å²) in [5.74, 6) is 0.911. The average Bonchev–Trinajstić information content (AvgIpc) is 1.98. The van der Waals surface area contributed by atoms with Gasteiger partial charge >= 0.3 is 0 Å². The molecular weight excluding hydrogens is 150 g/mol. The molecule has 1 atom stereocenters.